The van der Waals surface area contributed by atoms with Crippen molar-refractivity contribution in [2.24, 2.45) is 46.3 Å². The molecule has 5 aromatic carbocycles. The van der Waals surface area contributed by atoms with E-state index >= 15 is 0 Å². The van der Waals surface area contributed by atoms with Crippen molar-refractivity contribution in [3.8, 4) is 11.5 Å². The smallest absolute Gasteiger partial charge is 0.311 e. The molecule has 0 saturated carbocycles. The molecule has 68 heavy (non-hydrogen) atoms. The van der Waals surface area contributed by atoms with E-state index in [0.717, 1.165) is 25.1 Å². The van der Waals surface area contributed by atoms with Crippen LogP contribution in [0.4, 0.5) is 56.9 Å². The van der Waals surface area contributed by atoms with Crippen LogP contribution in [-0.4, -0.2) is 44.8 Å². The quantitative estimate of drug-likeness (QED) is 0.0157. The molecule has 5 rings (SSSR count). The van der Waals surface area contributed by atoms with Gasteiger partial charge in [-0.05, 0) is 112 Å². The van der Waals surface area contributed by atoms with Gasteiger partial charge in [-0.2, -0.15) is 30.7 Å². The van der Waals surface area contributed by atoms with Crippen LogP contribution in [0, 0.1) is 15.5 Å². The Kier molecular flexibility index (Phi) is 20.9. The van der Waals surface area contributed by atoms with Crippen LogP contribution in [0.15, 0.2) is 150 Å². The van der Waals surface area contributed by atoms with Crippen LogP contribution in [0.25, 0.3) is 0 Å². The molecular formula is C52H64N10O6. The molecule has 0 N–H and O–H groups in total. The summed E-state index contributed by atoms with van der Waals surface area (Å²) in [7, 11) is 3.10. The average molecular weight is 925 g/mol. The van der Waals surface area contributed by atoms with Crippen LogP contribution in [0.5, 0.6) is 11.5 Å². The van der Waals surface area contributed by atoms with Crippen molar-refractivity contribution in [3.05, 3.63) is 119 Å². The second kappa shape index (κ2) is 27.4. The van der Waals surface area contributed by atoms with Crippen molar-refractivity contribution in [2.75, 3.05) is 38.8 Å². The van der Waals surface area contributed by atoms with Crippen LogP contribution in [-0.2, 0) is 9.53 Å². The van der Waals surface area contributed by atoms with E-state index in [9.17, 15) is 14.9 Å². The lowest BCUT2D eigenvalue weighted by molar-refractivity contribution is -0.384. The number of non-ortho nitro benzene ring substituents is 1. The molecular weight excluding hydrogens is 861 g/mol. The summed E-state index contributed by atoms with van der Waals surface area (Å²) in [4.78, 5) is 25.4. The lowest BCUT2D eigenvalue weighted by Gasteiger charge is -2.26. The van der Waals surface area contributed by atoms with E-state index in [-0.39, 0.29) is 11.7 Å². The number of anilines is 1. The highest BCUT2D eigenvalue weighted by Gasteiger charge is 2.27. The van der Waals surface area contributed by atoms with Gasteiger partial charge in [-0.3, -0.25) is 14.9 Å². The summed E-state index contributed by atoms with van der Waals surface area (Å²) >= 11 is 0. The third-order valence-electron chi connectivity index (χ3n) is 11.4. The van der Waals surface area contributed by atoms with E-state index in [0.29, 0.717) is 70.1 Å². The fourth-order valence-corrected chi connectivity index (χ4v) is 6.77. The standard InChI is InChI=1S/C52H64N10O6/c1-7-9-10-11-12-13-14-15-16-17-34-61(35-36-68-51(63)52(3,4)8-2)45-30-26-44(27-31-45)58-60-48-38-49(66-5)47(37-50(48)67-6)59-57-42-24-22-41(23-25-42)54-53-39-18-20-40(21-19-39)55-56-43-28-32-46(33-29-43)62(64)65/h18-33,37-38H,7-17,34-36H2,1-6H3/b54-53+,56-55+,59-57+,60-58+. The zero-order chi connectivity index (χ0) is 48.6. The number of nitrogens with zero attached hydrogens (tertiary/aromatic N) is 10. The average Bonchev–Trinajstić information content (AvgIpc) is 3.36. The Morgan fingerprint density at radius 3 is 1.29 bits per heavy atom. The Labute approximate surface area is 399 Å². The van der Waals surface area contributed by atoms with E-state index in [1.165, 1.54) is 82.1 Å². The van der Waals surface area contributed by atoms with Crippen LogP contribution in [0.2, 0.25) is 0 Å². The number of carbonyl (C=O) groups excluding carboxylic acids is 1. The molecule has 0 unspecified atom stereocenters. The molecule has 0 radical (unpaired) electrons. The van der Waals surface area contributed by atoms with Gasteiger partial charge in [-0.25, -0.2) is 0 Å². The number of methoxy groups -OCH3 is 2. The summed E-state index contributed by atoms with van der Waals surface area (Å²) in [5, 5.41) is 45.6. The Hall–Kier alpha value is -7.23. The van der Waals surface area contributed by atoms with Crippen molar-refractivity contribution in [3.63, 3.8) is 0 Å². The number of carbonyl (C=O) groups is 1. The molecule has 0 heterocycles. The fraction of sp³-hybridized carbons (Fsp3) is 0.404. The minimum Gasteiger partial charge on any atom is -0.494 e. The van der Waals surface area contributed by atoms with Gasteiger partial charge in [0.25, 0.3) is 5.69 Å². The predicted octanol–water partition coefficient (Wildman–Crippen LogP) is 17.0. The number of hydrogen-bond acceptors (Lipinski definition) is 15. The summed E-state index contributed by atoms with van der Waals surface area (Å²) in [6, 6.07) is 31.3. The fourth-order valence-electron chi connectivity index (χ4n) is 6.77. The largest absolute Gasteiger partial charge is 0.494 e. The molecule has 0 amide bonds. The van der Waals surface area contributed by atoms with Gasteiger partial charge < -0.3 is 19.1 Å². The molecule has 16 heteroatoms. The maximum atomic E-state index is 12.7. The van der Waals surface area contributed by atoms with Gasteiger partial charge in [0.15, 0.2) is 0 Å². The zero-order valence-electron chi connectivity index (χ0n) is 40.2. The summed E-state index contributed by atoms with van der Waals surface area (Å²) in [6.45, 7) is 9.90. The van der Waals surface area contributed by atoms with Gasteiger partial charge >= 0.3 is 5.97 Å². The highest BCUT2D eigenvalue weighted by molar-refractivity contribution is 5.75. The van der Waals surface area contributed by atoms with Gasteiger partial charge in [0.1, 0.15) is 29.5 Å². The maximum Gasteiger partial charge on any atom is 0.311 e. The second-order valence-corrected chi connectivity index (χ2v) is 16.9. The first kappa shape index (κ1) is 51.7. The molecule has 358 valence electrons. The van der Waals surface area contributed by atoms with Crippen molar-refractivity contribution < 1.29 is 23.9 Å². The number of unbranched alkanes of at least 4 members (excludes halogenated alkanes) is 9. The van der Waals surface area contributed by atoms with Crippen molar-refractivity contribution >= 4 is 62.8 Å². The van der Waals surface area contributed by atoms with Crippen LogP contribution in [0.1, 0.15) is 98.3 Å². The molecule has 0 aliphatic rings. The molecule has 0 spiro atoms. The summed E-state index contributed by atoms with van der Waals surface area (Å²) in [6.07, 6.45) is 13.4. The Morgan fingerprint density at radius 2 is 0.912 bits per heavy atom. The van der Waals surface area contributed by atoms with Crippen molar-refractivity contribution in [1.82, 2.24) is 0 Å². The van der Waals surface area contributed by atoms with Gasteiger partial charge in [0.2, 0.25) is 0 Å². The van der Waals surface area contributed by atoms with E-state index in [1.54, 1.807) is 74.9 Å². The topological polar surface area (TPSA) is 190 Å². The van der Waals surface area contributed by atoms with Crippen molar-refractivity contribution in [2.45, 2.75) is 98.3 Å². The summed E-state index contributed by atoms with van der Waals surface area (Å²) < 4.78 is 17.0. The number of azo groups is 4. The third kappa shape index (κ3) is 16.9. The monoisotopic (exact) mass is 925 g/mol. The first-order valence-corrected chi connectivity index (χ1v) is 23.4. The Balaban J connectivity index is 1.17. The number of benzene rings is 5. The first-order valence-electron chi connectivity index (χ1n) is 23.4. The minimum absolute atomic E-state index is 0.00998. The van der Waals surface area contributed by atoms with Crippen LogP contribution in [0.3, 0.4) is 0 Å². The molecule has 0 aliphatic carbocycles. The number of ether oxygens (including phenoxy) is 3. The van der Waals surface area contributed by atoms with Gasteiger partial charge in [-0.15, -0.1) is 10.2 Å². The number of nitro benzene ring substituents is 1. The van der Waals surface area contributed by atoms with Crippen molar-refractivity contribution in [1.29, 1.82) is 0 Å². The van der Waals surface area contributed by atoms with Crippen LogP contribution < -0.4 is 14.4 Å². The molecule has 0 saturated heterocycles. The van der Waals surface area contributed by atoms with E-state index in [4.69, 9.17) is 14.2 Å². The second-order valence-electron chi connectivity index (χ2n) is 16.9. The van der Waals surface area contributed by atoms with E-state index in [2.05, 4.69) is 52.7 Å². The maximum absolute atomic E-state index is 12.7. The predicted molar refractivity (Wildman–Crippen MR) is 268 cm³/mol. The van der Waals surface area contributed by atoms with Gasteiger partial charge in [0.05, 0.1) is 65.2 Å². The van der Waals surface area contributed by atoms with Gasteiger partial charge in [-0.1, -0.05) is 71.6 Å². The molecule has 0 aliphatic heterocycles. The number of nitro groups is 1. The number of hydrogen-bond donors (Lipinski definition) is 0. The molecule has 0 aromatic heterocycles. The molecule has 0 atom stereocenters. The normalized spacial score (nSPS) is 11.9. The third-order valence-corrected chi connectivity index (χ3v) is 11.4. The number of esters is 1. The first-order chi connectivity index (χ1) is 33.0. The SMILES string of the molecule is CCCCCCCCCCCCN(CCOC(=O)C(C)(C)CC)c1ccc(/N=N/c2cc(OC)c(/N=N/c3ccc(/N=N/c4ccc(/N=N/c5ccc([N+](=O)[O-])cc5)cc4)cc3)cc2OC)cc1. The molecule has 0 bridgehead atoms. The summed E-state index contributed by atoms with van der Waals surface area (Å²) in [5.41, 5.74) is 4.99. The molecule has 16 nitrogen and oxygen atoms in total. The molecule has 5 aromatic rings. The van der Waals surface area contributed by atoms with Crippen LogP contribution >= 0.6 is 0 Å². The molecule has 0 fully saturated rings. The lowest BCUT2D eigenvalue weighted by Crippen LogP contribution is -2.32. The minimum atomic E-state index is -0.507. The Bertz CT molecular complexity index is 2460. The highest BCUT2D eigenvalue weighted by atomic mass is 16.6. The zero-order valence-corrected chi connectivity index (χ0v) is 40.2. The Morgan fingerprint density at radius 1 is 0.544 bits per heavy atom. The van der Waals surface area contributed by atoms with Gasteiger partial charge in [0, 0.05) is 36.5 Å². The summed E-state index contributed by atoms with van der Waals surface area (Å²) in [5.74, 6) is 0.714. The van der Waals surface area contributed by atoms with E-state index < -0.39 is 10.3 Å². The lowest BCUT2D eigenvalue weighted by atomic mass is 9.91. The number of rotatable bonds is 28. The highest BCUT2D eigenvalue weighted by Crippen LogP contribution is 2.41. The van der Waals surface area contributed by atoms with E-state index in [1.807, 2.05) is 45.0 Å².